The minimum atomic E-state index is -0.230. The summed E-state index contributed by atoms with van der Waals surface area (Å²) in [7, 11) is 0. The first kappa shape index (κ1) is 10.1. The van der Waals surface area contributed by atoms with Crippen LogP contribution in [0.3, 0.4) is 0 Å². The minimum absolute atomic E-state index is 0.0723. The number of thiocarbonyl (C=S) groups is 1. The third-order valence-electron chi connectivity index (χ3n) is 3.20. The molecule has 0 bridgehead atoms. The summed E-state index contributed by atoms with van der Waals surface area (Å²) in [5, 5.41) is 14.3. The lowest BCUT2D eigenvalue weighted by atomic mass is 9.88. The van der Waals surface area contributed by atoms with Crippen molar-refractivity contribution in [3.63, 3.8) is 0 Å². The van der Waals surface area contributed by atoms with Crippen LogP contribution in [-0.4, -0.2) is 28.5 Å². The molecule has 0 aliphatic carbocycles. The maximum absolute atomic E-state index is 5.15. The summed E-state index contributed by atoms with van der Waals surface area (Å²) in [6, 6.07) is 0. The van der Waals surface area contributed by atoms with Gasteiger partial charge in [-0.1, -0.05) is 0 Å². The van der Waals surface area contributed by atoms with Crippen molar-refractivity contribution in [2.75, 3.05) is 6.54 Å². The van der Waals surface area contributed by atoms with E-state index in [4.69, 9.17) is 12.2 Å². The van der Waals surface area contributed by atoms with Gasteiger partial charge in [0.2, 0.25) is 0 Å². The molecule has 2 atom stereocenters. The summed E-state index contributed by atoms with van der Waals surface area (Å²) < 4.78 is 0. The number of hydrogen-bond acceptors (Lipinski definition) is 3. The Balaban J connectivity index is 2.31. The van der Waals surface area contributed by atoms with Gasteiger partial charge in [-0.05, 0) is 39.9 Å². The fourth-order valence-electron chi connectivity index (χ4n) is 2.23. The van der Waals surface area contributed by atoms with Crippen LogP contribution in [0.25, 0.3) is 0 Å². The largest absolute Gasteiger partial charge is 0.342 e. The Kier molecular flexibility index (Phi) is 1.88. The van der Waals surface area contributed by atoms with E-state index in [1.54, 1.807) is 0 Å². The van der Waals surface area contributed by atoms with Crippen LogP contribution in [0.2, 0.25) is 0 Å². The van der Waals surface area contributed by atoms with Crippen LogP contribution in [0, 0.1) is 0 Å². The van der Waals surface area contributed by atoms with E-state index in [1.807, 2.05) is 0 Å². The van der Waals surface area contributed by atoms with E-state index in [9.17, 15) is 0 Å². The van der Waals surface area contributed by atoms with Gasteiger partial charge in [0.25, 0.3) is 0 Å². The highest BCUT2D eigenvalue weighted by Crippen LogP contribution is 2.28. The highest BCUT2D eigenvalue weighted by Gasteiger charge is 2.55. The lowest BCUT2D eigenvalue weighted by Gasteiger charge is -2.51. The number of fused-ring (bicyclic) bond motifs is 1. The van der Waals surface area contributed by atoms with Crippen LogP contribution < -0.4 is 21.3 Å². The molecule has 0 aromatic carbocycles. The highest BCUT2D eigenvalue weighted by molar-refractivity contribution is 7.80. The van der Waals surface area contributed by atoms with Gasteiger partial charge in [-0.2, -0.15) is 0 Å². The highest BCUT2D eigenvalue weighted by atomic mass is 32.1. The molecule has 0 radical (unpaired) electrons. The predicted molar refractivity (Wildman–Crippen MR) is 60.9 cm³/mol. The van der Waals surface area contributed by atoms with E-state index >= 15 is 0 Å². The zero-order chi connectivity index (χ0) is 10.6. The molecule has 2 fully saturated rings. The molecule has 0 unspecified atom stereocenters. The first-order valence-electron chi connectivity index (χ1n) is 4.91. The molecular formula is C9H18N4S. The lowest BCUT2D eigenvalue weighted by Crippen LogP contribution is -2.80. The van der Waals surface area contributed by atoms with Crippen molar-refractivity contribution in [3.05, 3.63) is 0 Å². The van der Waals surface area contributed by atoms with Crippen molar-refractivity contribution in [3.8, 4) is 0 Å². The van der Waals surface area contributed by atoms with Gasteiger partial charge in [-0.15, -0.1) is 0 Å². The molecule has 0 aromatic rings. The van der Waals surface area contributed by atoms with E-state index in [0.717, 1.165) is 6.54 Å². The van der Waals surface area contributed by atoms with Crippen molar-refractivity contribution in [2.24, 2.45) is 0 Å². The Bertz CT molecular complexity index is 291. The third kappa shape index (κ3) is 1.31. The van der Waals surface area contributed by atoms with Gasteiger partial charge >= 0.3 is 0 Å². The van der Waals surface area contributed by atoms with Gasteiger partial charge in [0.15, 0.2) is 5.11 Å². The Labute approximate surface area is 90.2 Å². The van der Waals surface area contributed by atoms with Crippen LogP contribution >= 0.6 is 12.2 Å². The molecule has 0 aromatic heterocycles. The second-order valence-corrected chi connectivity index (χ2v) is 5.60. The van der Waals surface area contributed by atoms with Crippen LogP contribution in [0.5, 0.6) is 0 Å². The molecule has 0 saturated carbocycles. The normalized spacial score (nSPS) is 45.3. The molecule has 2 heterocycles. The molecule has 14 heavy (non-hydrogen) atoms. The summed E-state index contributed by atoms with van der Waals surface area (Å²) in [6.07, 6.45) is 0. The first-order valence-corrected chi connectivity index (χ1v) is 5.32. The smallest absolute Gasteiger partial charge is 0.169 e. The molecule has 2 saturated heterocycles. The Morgan fingerprint density at radius 3 is 2.29 bits per heavy atom. The topological polar surface area (TPSA) is 48.1 Å². The van der Waals surface area contributed by atoms with Crippen molar-refractivity contribution in [2.45, 2.75) is 44.6 Å². The third-order valence-corrected chi connectivity index (χ3v) is 3.40. The van der Waals surface area contributed by atoms with Gasteiger partial charge in [0, 0.05) is 12.1 Å². The van der Waals surface area contributed by atoms with Crippen molar-refractivity contribution < 1.29 is 0 Å². The molecule has 0 spiro atoms. The van der Waals surface area contributed by atoms with Crippen molar-refractivity contribution in [1.82, 2.24) is 21.3 Å². The fourth-order valence-corrected chi connectivity index (χ4v) is 2.64. The molecule has 2 aliphatic heterocycles. The Morgan fingerprint density at radius 1 is 1.07 bits per heavy atom. The van der Waals surface area contributed by atoms with E-state index in [-0.39, 0.29) is 16.9 Å². The van der Waals surface area contributed by atoms with Crippen LogP contribution in [-0.2, 0) is 0 Å². The summed E-state index contributed by atoms with van der Waals surface area (Å²) >= 11 is 5.15. The average Bonchev–Trinajstić information content (AvgIpc) is 2.18. The Morgan fingerprint density at radius 2 is 1.64 bits per heavy atom. The number of rotatable bonds is 0. The monoisotopic (exact) mass is 214 g/mol. The van der Waals surface area contributed by atoms with E-state index in [0.29, 0.717) is 5.11 Å². The predicted octanol–water partition coefficient (Wildman–Crippen LogP) is -0.132. The summed E-state index contributed by atoms with van der Waals surface area (Å²) in [5.41, 5.74) is -0.367. The van der Waals surface area contributed by atoms with Gasteiger partial charge in [0.1, 0.15) is 11.3 Å². The molecule has 5 heteroatoms. The van der Waals surface area contributed by atoms with Gasteiger partial charge in [-0.25, -0.2) is 0 Å². The summed E-state index contributed by atoms with van der Waals surface area (Å²) in [5.74, 6) is 0. The SMILES string of the molecule is CC1(C)CN[C@@]2(C)NC(=S)N[C@@]2(C)N1. The maximum atomic E-state index is 5.15. The van der Waals surface area contributed by atoms with Crippen molar-refractivity contribution >= 4 is 17.3 Å². The molecule has 2 aliphatic rings. The first-order chi connectivity index (χ1) is 6.27. The van der Waals surface area contributed by atoms with Gasteiger partial charge < -0.3 is 10.6 Å². The van der Waals surface area contributed by atoms with Crippen LogP contribution in [0.1, 0.15) is 27.7 Å². The Hall–Kier alpha value is -0.390. The maximum Gasteiger partial charge on any atom is 0.169 e. The lowest BCUT2D eigenvalue weighted by molar-refractivity contribution is 0.0655. The number of piperazine rings is 1. The minimum Gasteiger partial charge on any atom is -0.342 e. The molecule has 2 rings (SSSR count). The summed E-state index contributed by atoms with van der Waals surface area (Å²) in [6.45, 7) is 9.49. The number of hydrogen-bond donors (Lipinski definition) is 4. The average molecular weight is 214 g/mol. The number of nitrogens with one attached hydrogen (secondary N) is 4. The van der Waals surface area contributed by atoms with E-state index < -0.39 is 0 Å². The standard InChI is InChI=1S/C9H18N4S/c1-7(2)5-10-8(3)9(4,13-7)12-6(14)11-8/h10,13H,5H2,1-4H3,(H2,11,12,14)/t8-,9-/m0/s1. The zero-order valence-electron chi connectivity index (χ0n) is 9.12. The van der Waals surface area contributed by atoms with Gasteiger partial charge in [0.05, 0.1) is 0 Å². The quantitative estimate of drug-likeness (QED) is 0.423. The molecular weight excluding hydrogens is 196 g/mol. The van der Waals surface area contributed by atoms with Crippen LogP contribution in [0.4, 0.5) is 0 Å². The molecule has 0 amide bonds. The zero-order valence-corrected chi connectivity index (χ0v) is 9.93. The van der Waals surface area contributed by atoms with Crippen LogP contribution in [0.15, 0.2) is 0 Å². The van der Waals surface area contributed by atoms with E-state index in [2.05, 4.69) is 49.0 Å². The molecule has 80 valence electrons. The second-order valence-electron chi connectivity index (χ2n) is 5.19. The van der Waals surface area contributed by atoms with Gasteiger partial charge in [-0.3, -0.25) is 10.6 Å². The fraction of sp³-hybridized carbons (Fsp3) is 0.889. The van der Waals surface area contributed by atoms with Crippen molar-refractivity contribution in [1.29, 1.82) is 0 Å². The second kappa shape index (κ2) is 2.59. The molecule has 4 nitrogen and oxygen atoms in total. The van der Waals surface area contributed by atoms with E-state index in [1.165, 1.54) is 0 Å². The molecule has 4 N–H and O–H groups in total. The summed E-state index contributed by atoms with van der Waals surface area (Å²) in [4.78, 5) is 0.